The minimum absolute atomic E-state index is 0.0979. The molecule has 2 aromatic carbocycles. The molecule has 3 rings (SSSR count). The number of esters is 1. The zero-order valence-corrected chi connectivity index (χ0v) is 12.7. The first-order valence-corrected chi connectivity index (χ1v) is 7.44. The van der Waals surface area contributed by atoms with Gasteiger partial charge in [-0.05, 0) is 25.5 Å². The fraction of sp³-hybridized carbons (Fsp3) is 0.222. The van der Waals surface area contributed by atoms with Crippen LogP contribution in [0.2, 0.25) is 0 Å². The minimum Gasteiger partial charge on any atom is -0.459 e. The number of aromatic nitrogens is 2. The van der Waals surface area contributed by atoms with Crippen LogP contribution in [0.15, 0.2) is 48.5 Å². The minimum atomic E-state index is -0.316. The molecule has 1 N–H and O–H groups in total. The Hall–Kier alpha value is -2.62. The van der Waals surface area contributed by atoms with Gasteiger partial charge in [0.2, 0.25) is 0 Å². The van der Waals surface area contributed by atoms with Gasteiger partial charge in [-0.25, -0.2) is 9.78 Å². The Morgan fingerprint density at radius 1 is 1.18 bits per heavy atom. The highest BCUT2D eigenvalue weighted by Gasteiger charge is 2.16. The average Bonchev–Trinajstić information content (AvgIpc) is 2.99. The van der Waals surface area contributed by atoms with Gasteiger partial charge in [-0.15, -0.1) is 0 Å². The largest absolute Gasteiger partial charge is 0.459 e. The topological polar surface area (TPSA) is 55.0 Å². The summed E-state index contributed by atoms with van der Waals surface area (Å²) in [6.07, 6.45) is 0.694. The summed E-state index contributed by atoms with van der Waals surface area (Å²) in [5.41, 5.74) is 2.99. The van der Waals surface area contributed by atoms with Crippen LogP contribution in [0.1, 0.15) is 30.6 Å². The number of carbonyl (C=O) groups excluding carboxylic acids is 1. The van der Waals surface area contributed by atoms with E-state index in [1.807, 2.05) is 56.3 Å². The highest BCUT2D eigenvalue weighted by molar-refractivity contribution is 6.02. The molecule has 1 atom stereocenters. The second-order valence-electron chi connectivity index (χ2n) is 5.28. The zero-order chi connectivity index (χ0) is 15.5. The van der Waals surface area contributed by atoms with Gasteiger partial charge in [0.25, 0.3) is 0 Å². The molecule has 22 heavy (non-hydrogen) atoms. The zero-order valence-electron chi connectivity index (χ0n) is 12.7. The molecule has 1 unspecified atom stereocenters. The van der Waals surface area contributed by atoms with Crippen LogP contribution in [0.4, 0.5) is 0 Å². The third kappa shape index (κ3) is 2.72. The van der Waals surface area contributed by atoms with Crippen LogP contribution in [-0.2, 0) is 4.74 Å². The number of aromatic amines is 1. The number of nitrogens with one attached hydrogen (secondary N) is 1. The summed E-state index contributed by atoms with van der Waals surface area (Å²) in [6, 6.07) is 15.3. The molecule has 0 fully saturated rings. The summed E-state index contributed by atoms with van der Waals surface area (Å²) in [7, 11) is 0. The van der Waals surface area contributed by atoms with Gasteiger partial charge < -0.3 is 9.72 Å². The van der Waals surface area contributed by atoms with Crippen molar-refractivity contribution in [1.29, 1.82) is 0 Å². The summed E-state index contributed by atoms with van der Waals surface area (Å²) in [4.78, 5) is 20.1. The number of hydrogen-bond acceptors (Lipinski definition) is 3. The molecule has 112 valence electrons. The summed E-state index contributed by atoms with van der Waals surface area (Å²) in [5.74, 6) is 0.433. The van der Waals surface area contributed by atoms with E-state index in [9.17, 15) is 4.79 Å². The van der Waals surface area contributed by atoms with E-state index in [1.165, 1.54) is 0 Å². The van der Waals surface area contributed by atoms with E-state index in [2.05, 4.69) is 9.97 Å². The van der Waals surface area contributed by atoms with Gasteiger partial charge in [-0.1, -0.05) is 43.3 Å². The van der Waals surface area contributed by atoms with Crippen LogP contribution in [0.3, 0.4) is 0 Å². The van der Waals surface area contributed by atoms with Crippen molar-refractivity contribution in [3.05, 3.63) is 54.1 Å². The first kappa shape index (κ1) is 14.3. The molecule has 0 bridgehead atoms. The number of fused-ring (bicyclic) bond motifs is 1. The fourth-order valence-corrected chi connectivity index (χ4v) is 2.26. The van der Waals surface area contributed by atoms with Crippen molar-refractivity contribution >= 4 is 17.0 Å². The van der Waals surface area contributed by atoms with Gasteiger partial charge in [0.05, 0.1) is 22.7 Å². The number of imidazole rings is 1. The fourth-order valence-electron chi connectivity index (χ4n) is 2.26. The molecule has 0 spiro atoms. The van der Waals surface area contributed by atoms with E-state index in [0.29, 0.717) is 5.56 Å². The van der Waals surface area contributed by atoms with Crippen molar-refractivity contribution in [1.82, 2.24) is 9.97 Å². The molecular formula is C18H18N2O2. The predicted molar refractivity (Wildman–Crippen MR) is 86.7 cm³/mol. The summed E-state index contributed by atoms with van der Waals surface area (Å²) < 4.78 is 5.42. The summed E-state index contributed by atoms with van der Waals surface area (Å²) in [5, 5.41) is 0. The molecular weight excluding hydrogens is 276 g/mol. The van der Waals surface area contributed by atoms with Gasteiger partial charge in [0.1, 0.15) is 5.82 Å². The van der Waals surface area contributed by atoms with Gasteiger partial charge in [0, 0.05) is 5.56 Å². The summed E-state index contributed by atoms with van der Waals surface area (Å²) >= 11 is 0. The molecule has 0 radical (unpaired) electrons. The van der Waals surface area contributed by atoms with Gasteiger partial charge >= 0.3 is 5.97 Å². The Balaban J connectivity index is 2.02. The molecule has 1 aromatic heterocycles. The second kappa shape index (κ2) is 6.02. The number of nitrogens with zero attached hydrogens (tertiary/aromatic N) is 1. The van der Waals surface area contributed by atoms with E-state index in [-0.39, 0.29) is 12.1 Å². The van der Waals surface area contributed by atoms with Crippen LogP contribution in [-0.4, -0.2) is 22.0 Å². The number of ether oxygens (including phenoxy) is 1. The lowest BCUT2D eigenvalue weighted by Crippen LogP contribution is -2.14. The first-order valence-electron chi connectivity index (χ1n) is 7.44. The molecule has 0 aliphatic heterocycles. The number of H-pyrrole nitrogens is 1. The Labute approximate surface area is 129 Å². The highest BCUT2D eigenvalue weighted by Crippen LogP contribution is 2.23. The third-order valence-corrected chi connectivity index (χ3v) is 3.67. The molecule has 0 saturated heterocycles. The highest BCUT2D eigenvalue weighted by atomic mass is 16.5. The van der Waals surface area contributed by atoms with E-state index in [0.717, 1.165) is 28.8 Å². The molecule has 0 saturated carbocycles. The van der Waals surface area contributed by atoms with Gasteiger partial charge in [-0.2, -0.15) is 0 Å². The van der Waals surface area contributed by atoms with Crippen molar-refractivity contribution in [3.8, 4) is 11.4 Å². The summed E-state index contributed by atoms with van der Waals surface area (Å²) in [6.45, 7) is 3.88. The van der Waals surface area contributed by atoms with Crippen molar-refractivity contribution in [2.45, 2.75) is 26.4 Å². The lowest BCUT2D eigenvalue weighted by atomic mass is 10.2. The number of rotatable bonds is 4. The SMILES string of the molecule is CCC(C)OC(=O)c1cccc2nc(-c3ccccc3)[nH]c12. The Morgan fingerprint density at radius 3 is 2.68 bits per heavy atom. The Morgan fingerprint density at radius 2 is 1.95 bits per heavy atom. The molecule has 4 heteroatoms. The monoisotopic (exact) mass is 294 g/mol. The van der Waals surface area contributed by atoms with Crippen LogP contribution in [0, 0.1) is 0 Å². The standard InChI is InChI=1S/C18H18N2O2/c1-3-12(2)22-18(21)14-10-7-11-15-16(14)20-17(19-15)13-8-5-4-6-9-13/h4-12H,3H2,1-2H3,(H,19,20). The maximum atomic E-state index is 12.3. The molecule has 0 amide bonds. The maximum Gasteiger partial charge on any atom is 0.340 e. The molecule has 4 nitrogen and oxygen atoms in total. The molecule has 0 aliphatic rings. The van der Waals surface area contributed by atoms with Crippen LogP contribution >= 0.6 is 0 Å². The Bertz CT molecular complexity index is 793. The number of carbonyl (C=O) groups is 1. The predicted octanol–water partition coefficient (Wildman–Crippen LogP) is 4.19. The quantitative estimate of drug-likeness (QED) is 0.734. The van der Waals surface area contributed by atoms with Crippen LogP contribution < -0.4 is 0 Å². The van der Waals surface area contributed by atoms with E-state index in [4.69, 9.17) is 4.74 Å². The lowest BCUT2D eigenvalue weighted by Gasteiger charge is -2.10. The number of para-hydroxylation sites is 1. The number of benzene rings is 2. The second-order valence-corrected chi connectivity index (χ2v) is 5.28. The third-order valence-electron chi connectivity index (χ3n) is 3.67. The molecule has 3 aromatic rings. The van der Waals surface area contributed by atoms with Crippen molar-refractivity contribution in [2.24, 2.45) is 0 Å². The van der Waals surface area contributed by atoms with Crippen LogP contribution in [0.25, 0.3) is 22.4 Å². The van der Waals surface area contributed by atoms with E-state index >= 15 is 0 Å². The normalized spacial score (nSPS) is 12.3. The molecule has 1 heterocycles. The van der Waals surface area contributed by atoms with Gasteiger partial charge in [-0.3, -0.25) is 0 Å². The average molecular weight is 294 g/mol. The first-order chi connectivity index (χ1) is 10.7. The number of hydrogen-bond donors (Lipinski definition) is 1. The van der Waals surface area contributed by atoms with E-state index < -0.39 is 0 Å². The Kier molecular flexibility index (Phi) is 3.92. The van der Waals surface area contributed by atoms with Crippen molar-refractivity contribution in [2.75, 3.05) is 0 Å². The smallest absolute Gasteiger partial charge is 0.340 e. The van der Waals surface area contributed by atoms with Gasteiger partial charge in [0.15, 0.2) is 0 Å². The van der Waals surface area contributed by atoms with Crippen molar-refractivity contribution in [3.63, 3.8) is 0 Å². The van der Waals surface area contributed by atoms with E-state index in [1.54, 1.807) is 6.07 Å². The van der Waals surface area contributed by atoms with Crippen LogP contribution in [0.5, 0.6) is 0 Å². The molecule has 0 aliphatic carbocycles. The van der Waals surface area contributed by atoms with Crippen molar-refractivity contribution < 1.29 is 9.53 Å². The lowest BCUT2D eigenvalue weighted by molar-refractivity contribution is 0.0336. The maximum absolute atomic E-state index is 12.3.